The van der Waals surface area contributed by atoms with Crippen molar-refractivity contribution in [1.82, 2.24) is 9.97 Å². The number of hydrogen-bond donors (Lipinski definition) is 1. The highest BCUT2D eigenvalue weighted by atomic mass is 19.1. The summed E-state index contributed by atoms with van der Waals surface area (Å²) < 4.78 is 18.7. The fourth-order valence-electron chi connectivity index (χ4n) is 2.47. The maximum absolute atomic E-state index is 13.0. The van der Waals surface area contributed by atoms with E-state index in [0.29, 0.717) is 11.4 Å². The van der Waals surface area contributed by atoms with Crippen LogP contribution in [-0.4, -0.2) is 14.9 Å². The number of halogens is 1. The molecule has 1 N–H and O–H groups in total. The van der Waals surface area contributed by atoms with Gasteiger partial charge in [0.1, 0.15) is 17.9 Å². The summed E-state index contributed by atoms with van der Waals surface area (Å²) in [5.41, 5.74) is 1.96. The predicted molar refractivity (Wildman–Crippen MR) is 94.4 cm³/mol. The second kappa shape index (κ2) is 7.14. The Morgan fingerprint density at radius 2 is 1.73 bits per heavy atom. The van der Waals surface area contributed by atoms with Crippen LogP contribution >= 0.6 is 0 Å². The molecular formula is C18H15FN4O3. The minimum atomic E-state index is -0.621. The number of anilines is 2. The quantitative estimate of drug-likeness (QED) is 0.529. The highest BCUT2D eigenvalue weighted by Crippen LogP contribution is 2.35. The molecule has 2 aromatic carbocycles. The van der Waals surface area contributed by atoms with Crippen molar-refractivity contribution in [1.29, 1.82) is 0 Å². The molecule has 8 heteroatoms. The third-order valence-corrected chi connectivity index (χ3v) is 3.49. The molecule has 0 atom stereocenters. The van der Waals surface area contributed by atoms with Crippen LogP contribution in [0.3, 0.4) is 0 Å². The lowest BCUT2D eigenvalue weighted by molar-refractivity contribution is -0.385. The minimum absolute atomic E-state index is 0.0454. The fraction of sp³-hybridized carbons (Fsp3) is 0.111. The molecule has 26 heavy (non-hydrogen) atoms. The van der Waals surface area contributed by atoms with Gasteiger partial charge in [-0.1, -0.05) is 6.07 Å². The van der Waals surface area contributed by atoms with Crippen molar-refractivity contribution in [2.24, 2.45) is 0 Å². The zero-order valence-corrected chi connectivity index (χ0v) is 14.1. The molecule has 1 heterocycles. The Kier molecular flexibility index (Phi) is 4.74. The van der Waals surface area contributed by atoms with Gasteiger partial charge in [-0.3, -0.25) is 10.1 Å². The average molecular weight is 354 g/mol. The van der Waals surface area contributed by atoms with Gasteiger partial charge in [-0.15, -0.1) is 0 Å². The monoisotopic (exact) mass is 354 g/mol. The number of rotatable bonds is 5. The lowest BCUT2D eigenvalue weighted by Crippen LogP contribution is -2.03. The molecule has 0 aliphatic carbocycles. The number of hydrogen-bond acceptors (Lipinski definition) is 6. The summed E-state index contributed by atoms with van der Waals surface area (Å²) in [5.74, 6) is -0.195. The van der Waals surface area contributed by atoms with Crippen molar-refractivity contribution in [3.8, 4) is 11.6 Å². The molecule has 0 bridgehead atoms. The van der Waals surface area contributed by atoms with Crippen molar-refractivity contribution < 1.29 is 14.1 Å². The molecule has 0 unspecified atom stereocenters. The summed E-state index contributed by atoms with van der Waals surface area (Å²) in [5, 5.41) is 14.3. The summed E-state index contributed by atoms with van der Waals surface area (Å²) in [4.78, 5) is 18.7. The van der Waals surface area contributed by atoms with Gasteiger partial charge < -0.3 is 10.1 Å². The van der Waals surface area contributed by atoms with E-state index >= 15 is 0 Å². The molecule has 0 aliphatic rings. The maximum atomic E-state index is 13.0. The van der Waals surface area contributed by atoms with E-state index in [9.17, 15) is 14.5 Å². The molecule has 0 saturated heterocycles. The van der Waals surface area contributed by atoms with E-state index in [4.69, 9.17) is 4.74 Å². The fourth-order valence-corrected chi connectivity index (χ4v) is 2.47. The SMILES string of the molecule is Cc1cc(C)cc(Oc2ncnc(Nc3ccc(F)cc3)c2[N+](=O)[O-])c1. The molecule has 132 valence electrons. The molecule has 0 saturated carbocycles. The number of benzene rings is 2. The van der Waals surface area contributed by atoms with Crippen molar-refractivity contribution in [2.75, 3.05) is 5.32 Å². The number of aryl methyl sites for hydroxylation is 2. The lowest BCUT2D eigenvalue weighted by Gasteiger charge is -2.10. The minimum Gasteiger partial charge on any atom is -0.434 e. The highest BCUT2D eigenvalue weighted by molar-refractivity contribution is 5.68. The van der Waals surface area contributed by atoms with Crippen LogP contribution in [-0.2, 0) is 0 Å². The second-order valence-corrected chi connectivity index (χ2v) is 5.69. The second-order valence-electron chi connectivity index (χ2n) is 5.69. The van der Waals surface area contributed by atoms with Crippen LogP contribution in [0.2, 0.25) is 0 Å². The van der Waals surface area contributed by atoms with E-state index in [1.165, 1.54) is 24.3 Å². The number of ether oxygens (including phenoxy) is 1. The molecule has 0 fully saturated rings. The zero-order chi connectivity index (χ0) is 18.7. The Morgan fingerprint density at radius 1 is 1.08 bits per heavy atom. The van der Waals surface area contributed by atoms with E-state index in [1.807, 2.05) is 19.9 Å². The standard InChI is InChI=1S/C18H15FN4O3/c1-11-7-12(2)9-15(8-11)26-18-16(23(24)25)17(20-10-21-18)22-14-5-3-13(19)4-6-14/h3-10H,1-2H3,(H,20,21,22). The largest absolute Gasteiger partial charge is 0.434 e. The van der Waals surface area contributed by atoms with E-state index in [0.717, 1.165) is 17.5 Å². The topological polar surface area (TPSA) is 90.2 Å². The van der Waals surface area contributed by atoms with Crippen molar-refractivity contribution in [3.05, 3.63) is 75.9 Å². The van der Waals surface area contributed by atoms with Gasteiger partial charge >= 0.3 is 11.6 Å². The Hall–Kier alpha value is -3.55. The van der Waals surface area contributed by atoms with Gasteiger partial charge in [-0.2, -0.15) is 4.98 Å². The predicted octanol–water partition coefficient (Wildman–Crippen LogP) is 4.68. The van der Waals surface area contributed by atoms with Gasteiger partial charge in [0.15, 0.2) is 0 Å². The van der Waals surface area contributed by atoms with Gasteiger partial charge in [0.2, 0.25) is 5.82 Å². The van der Waals surface area contributed by atoms with Crippen molar-refractivity contribution >= 4 is 17.2 Å². The summed E-state index contributed by atoms with van der Waals surface area (Å²) >= 11 is 0. The Morgan fingerprint density at radius 3 is 2.35 bits per heavy atom. The van der Waals surface area contributed by atoms with Crippen molar-refractivity contribution in [2.45, 2.75) is 13.8 Å². The van der Waals surface area contributed by atoms with Crippen LogP contribution < -0.4 is 10.1 Å². The molecular weight excluding hydrogens is 339 g/mol. The number of aromatic nitrogens is 2. The molecule has 0 radical (unpaired) electrons. The summed E-state index contributed by atoms with van der Waals surface area (Å²) in [7, 11) is 0. The van der Waals surface area contributed by atoms with Crippen LogP contribution in [0.5, 0.6) is 11.6 Å². The van der Waals surface area contributed by atoms with Gasteiger partial charge in [-0.05, 0) is 61.4 Å². The zero-order valence-electron chi connectivity index (χ0n) is 14.1. The van der Waals surface area contributed by atoms with Gasteiger partial charge in [0.05, 0.1) is 4.92 Å². The first-order valence-electron chi connectivity index (χ1n) is 7.70. The van der Waals surface area contributed by atoms with Crippen LogP contribution in [0.25, 0.3) is 0 Å². The first-order chi connectivity index (χ1) is 12.4. The summed E-state index contributed by atoms with van der Waals surface area (Å²) in [6.07, 6.45) is 1.16. The van der Waals surface area contributed by atoms with E-state index in [1.54, 1.807) is 12.1 Å². The normalized spacial score (nSPS) is 10.4. The van der Waals surface area contributed by atoms with Crippen LogP contribution in [0.15, 0.2) is 48.8 Å². The molecule has 7 nitrogen and oxygen atoms in total. The number of nitrogens with one attached hydrogen (secondary N) is 1. The third-order valence-electron chi connectivity index (χ3n) is 3.49. The molecule has 0 spiro atoms. The maximum Gasteiger partial charge on any atom is 0.373 e. The smallest absolute Gasteiger partial charge is 0.373 e. The van der Waals surface area contributed by atoms with Crippen LogP contribution in [0, 0.1) is 29.8 Å². The molecule has 3 aromatic rings. The molecule has 0 aliphatic heterocycles. The van der Waals surface area contributed by atoms with Crippen LogP contribution in [0.1, 0.15) is 11.1 Å². The van der Waals surface area contributed by atoms with Gasteiger partial charge in [-0.25, -0.2) is 9.37 Å². The Labute approximate surface area is 148 Å². The Balaban J connectivity index is 1.98. The average Bonchev–Trinajstić information content (AvgIpc) is 2.56. The van der Waals surface area contributed by atoms with E-state index in [-0.39, 0.29) is 11.7 Å². The van der Waals surface area contributed by atoms with Gasteiger partial charge in [0.25, 0.3) is 0 Å². The Bertz CT molecular complexity index is 941. The molecule has 3 rings (SSSR count). The van der Waals surface area contributed by atoms with E-state index in [2.05, 4.69) is 15.3 Å². The lowest BCUT2D eigenvalue weighted by atomic mass is 10.1. The molecule has 1 aromatic heterocycles. The summed E-state index contributed by atoms with van der Waals surface area (Å²) in [6.45, 7) is 3.80. The molecule has 0 amide bonds. The first-order valence-corrected chi connectivity index (χ1v) is 7.70. The summed E-state index contributed by atoms with van der Waals surface area (Å²) in [6, 6.07) is 10.8. The third kappa shape index (κ3) is 3.92. The first kappa shape index (κ1) is 17.3. The van der Waals surface area contributed by atoms with Crippen LogP contribution in [0.4, 0.5) is 21.6 Å². The number of nitrogens with zero attached hydrogens (tertiary/aromatic N) is 3. The number of nitro groups is 1. The van der Waals surface area contributed by atoms with E-state index < -0.39 is 16.4 Å². The van der Waals surface area contributed by atoms with Crippen molar-refractivity contribution in [3.63, 3.8) is 0 Å². The van der Waals surface area contributed by atoms with Gasteiger partial charge in [0, 0.05) is 5.69 Å². The highest BCUT2D eigenvalue weighted by Gasteiger charge is 2.25.